The van der Waals surface area contributed by atoms with Crippen LogP contribution in [0.5, 0.6) is 0 Å². The van der Waals surface area contributed by atoms with Crippen LogP contribution < -0.4 is 10.5 Å². The summed E-state index contributed by atoms with van der Waals surface area (Å²) in [6.45, 7) is 2.38. The largest absolute Gasteiger partial charge is 0.381 e. The van der Waals surface area contributed by atoms with E-state index in [-0.39, 0.29) is 29.6 Å². The highest BCUT2D eigenvalue weighted by atomic mass is 32.2. The van der Waals surface area contributed by atoms with E-state index in [1.807, 2.05) is 6.92 Å². The SMILES string of the molecule is CCn1cc(S(=O)(=O)NCCC(=O)N(C)C)c(N)n1. The fourth-order valence-corrected chi connectivity index (χ4v) is 2.48. The van der Waals surface area contributed by atoms with Crippen molar-refractivity contribution in [3.63, 3.8) is 0 Å². The first-order valence-electron chi connectivity index (χ1n) is 5.80. The lowest BCUT2D eigenvalue weighted by atomic mass is 10.4. The van der Waals surface area contributed by atoms with Gasteiger partial charge in [0.1, 0.15) is 4.90 Å². The molecule has 19 heavy (non-hydrogen) atoms. The molecule has 1 amide bonds. The molecule has 0 bridgehead atoms. The second-order valence-electron chi connectivity index (χ2n) is 4.17. The zero-order chi connectivity index (χ0) is 14.6. The Kier molecular flexibility index (Phi) is 4.90. The quantitative estimate of drug-likeness (QED) is 0.715. The number of sulfonamides is 1. The molecular weight excluding hydrogens is 270 g/mol. The maximum Gasteiger partial charge on any atom is 0.245 e. The summed E-state index contributed by atoms with van der Waals surface area (Å²) in [6, 6.07) is 0. The average molecular weight is 289 g/mol. The molecule has 0 spiro atoms. The van der Waals surface area contributed by atoms with E-state index in [1.165, 1.54) is 15.8 Å². The molecular formula is C10H19N5O3S. The minimum Gasteiger partial charge on any atom is -0.381 e. The molecule has 9 heteroatoms. The fraction of sp³-hybridized carbons (Fsp3) is 0.600. The Hall–Kier alpha value is -1.61. The van der Waals surface area contributed by atoms with Crippen molar-refractivity contribution in [2.45, 2.75) is 24.8 Å². The number of carbonyl (C=O) groups is 1. The molecule has 0 aliphatic carbocycles. The summed E-state index contributed by atoms with van der Waals surface area (Å²) >= 11 is 0. The van der Waals surface area contributed by atoms with Crippen LogP contribution >= 0.6 is 0 Å². The minimum atomic E-state index is -3.73. The molecule has 1 rings (SSSR count). The van der Waals surface area contributed by atoms with E-state index in [0.717, 1.165) is 0 Å². The zero-order valence-corrected chi connectivity index (χ0v) is 12.1. The van der Waals surface area contributed by atoms with Crippen molar-refractivity contribution in [2.24, 2.45) is 0 Å². The number of amides is 1. The normalized spacial score (nSPS) is 11.5. The molecule has 3 N–H and O–H groups in total. The molecule has 0 fully saturated rings. The van der Waals surface area contributed by atoms with E-state index in [0.29, 0.717) is 6.54 Å². The van der Waals surface area contributed by atoms with Crippen LogP contribution in [-0.2, 0) is 21.4 Å². The van der Waals surface area contributed by atoms with Crippen molar-refractivity contribution >= 4 is 21.7 Å². The Morgan fingerprint density at radius 3 is 2.63 bits per heavy atom. The number of hydrogen-bond acceptors (Lipinski definition) is 5. The molecule has 1 aromatic heterocycles. The van der Waals surface area contributed by atoms with Gasteiger partial charge in [-0.3, -0.25) is 9.48 Å². The lowest BCUT2D eigenvalue weighted by Crippen LogP contribution is -2.30. The highest BCUT2D eigenvalue weighted by Crippen LogP contribution is 2.15. The Morgan fingerprint density at radius 2 is 2.16 bits per heavy atom. The van der Waals surface area contributed by atoms with Gasteiger partial charge in [0.05, 0.1) is 0 Å². The summed E-state index contributed by atoms with van der Waals surface area (Å²) in [6.07, 6.45) is 1.46. The van der Waals surface area contributed by atoms with E-state index in [2.05, 4.69) is 9.82 Å². The highest BCUT2D eigenvalue weighted by Gasteiger charge is 2.20. The van der Waals surface area contributed by atoms with Crippen LogP contribution in [0.1, 0.15) is 13.3 Å². The van der Waals surface area contributed by atoms with Crippen molar-refractivity contribution < 1.29 is 13.2 Å². The topological polar surface area (TPSA) is 110 Å². The minimum absolute atomic E-state index is 0.0239. The first-order valence-corrected chi connectivity index (χ1v) is 7.29. The van der Waals surface area contributed by atoms with E-state index < -0.39 is 10.0 Å². The summed E-state index contributed by atoms with van der Waals surface area (Å²) in [5.41, 5.74) is 5.56. The summed E-state index contributed by atoms with van der Waals surface area (Å²) in [5.74, 6) is -0.201. The number of hydrogen-bond donors (Lipinski definition) is 2. The smallest absolute Gasteiger partial charge is 0.245 e. The molecule has 0 aromatic carbocycles. The van der Waals surface area contributed by atoms with Crippen molar-refractivity contribution in [3.8, 4) is 0 Å². The van der Waals surface area contributed by atoms with Crippen molar-refractivity contribution in [3.05, 3.63) is 6.20 Å². The Morgan fingerprint density at radius 1 is 1.53 bits per heavy atom. The Balaban J connectivity index is 2.71. The maximum absolute atomic E-state index is 12.0. The summed E-state index contributed by atoms with van der Waals surface area (Å²) in [7, 11) is -0.508. The lowest BCUT2D eigenvalue weighted by Gasteiger charge is -2.10. The third-order valence-electron chi connectivity index (χ3n) is 2.50. The lowest BCUT2D eigenvalue weighted by molar-refractivity contribution is -0.128. The number of aromatic nitrogens is 2. The molecule has 108 valence electrons. The van der Waals surface area contributed by atoms with Crippen LogP contribution in [0, 0.1) is 0 Å². The monoisotopic (exact) mass is 289 g/mol. The molecule has 0 unspecified atom stereocenters. The Labute approximate surface area is 112 Å². The standard InChI is InChI=1S/C10H19N5O3S/c1-4-15-7-8(10(11)13-15)19(17,18)12-6-5-9(16)14(2)3/h7,12H,4-6H2,1-3H3,(H2,11,13). The number of nitrogens with two attached hydrogens (primary N) is 1. The number of rotatable bonds is 6. The number of carbonyl (C=O) groups excluding carboxylic acids is 1. The van der Waals surface area contributed by atoms with Gasteiger partial charge in [0.25, 0.3) is 0 Å². The van der Waals surface area contributed by atoms with Crippen LogP contribution in [0.2, 0.25) is 0 Å². The molecule has 0 saturated carbocycles. The van der Waals surface area contributed by atoms with Gasteiger partial charge in [-0.2, -0.15) is 5.10 Å². The molecule has 8 nitrogen and oxygen atoms in total. The van der Waals surface area contributed by atoms with Crippen molar-refractivity contribution in [1.29, 1.82) is 0 Å². The van der Waals surface area contributed by atoms with Gasteiger partial charge in [0.2, 0.25) is 15.9 Å². The second-order valence-corrected chi connectivity index (χ2v) is 5.91. The first kappa shape index (κ1) is 15.4. The van der Waals surface area contributed by atoms with Crippen molar-refractivity contribution in [2.75, 3.05) is 26.4 Å². The Bertz CT molecular complexity index is 550. The first-order chi connectivity index (χ1) is 8.77. The van der Waals surface area contributed by atoms with E-state index in [1.54, 1.807) is 14.1 Å². The number of nitrogens with zero attached hydrogens (tertiary/aromatic N) is 3. The van der Waals surface area contributed by atoms with E-state index in [4.69, 9.17) is 5.73 Å². The number of nitrogens with one attached hydrogen (secondary N) is 1. The number of aryl methyl sites for hydroxylation is 1. The second kappa shape index (κ2) is 6.02. The van der Waals surface area contributed by atoms with Gasteiger partial charge in [0, 0.05) is 39.8 Å². The van der Waals surface area contributed by atoms with Gasteiger partial charge < -0.3 is 10.6 Å². The third-order valence-corrected chi connectivity index (χ3v) is 3.98. The predicted molar refractivity (Wildman–Crippen MR) is 70.8 cm³/mol. The molecule has 0 saturated heterocycles. The van der Waals surface area contributed by atoms with Crippen LogP contribution in [0.15, 0.2) is 11.1 Å². The number of anilines is 1. The van der Waals surface area contributed by atoms with Gasteiger partial charge in [0.15, 0.2) is 5.82 Å². The van der Waals surface area contributed by atoms with Gasteiger partial charge in [-0.25, -0.2) is 13.1 Å². The van der Waals surface area contributed by atoms with Gasteiger partial charge in [-0.05, 0) is 6.92 Å². The molecule has 1 aromatic rings. The van der Waals surface area contributed by atoms with E-state index in [9.17, 15) is 13.2 Å². The van der Waals surface area contributed by atoms with Crippen LogP contribution in [0.4, 0.5) is 5.82 Å². The van der Waals surface area contributed by atoms with Gasteiger partial charge in [-0.15, -0.1) is 0 Å². The van der Waals surface area contributed by atoms with Crippen LogP contribution in [0.25, 0.3) is 0 Å². The predicted octanol–water partition coefficient (Wildman–Crippen LogP) is -0.758. The van der Waals surface area contributed by atoms with Gasteiger partial charge >= 0.3 is 0 Å². The maximum atomic E-state index is 12.0. The van der Waals surface area contributed by atoms with Crippen molar-refractivity contribution in [1.82, 2.24) is 19.4 Å². The molecule has 0 atom stereocenters. The van der Waals surface area contributed by atoms with Crippen LogP contribution in [-0.4, -0.2) is 49.6 Å². The molecule has 0 aliphatic heterocycles. The fourth-order valence-electron chi connectivity index (χ4n) is 1.38. The molecule has 1 heterocycles. The summed E-state index contributed by atoms with van der Waals surface area (Å²) in [4.78, 5) is 12.7. The average Bonchev–Trinajstić information content (AvgIpc) is 2.70. The highest BCUT2D eigenvalue weighted by molar-refractivity contribution is 7.89. The zero-order valence-electron chi connectivity index (χ0n) is 11.3. The third kappa shape index (κ3) is 3.93. The molecule has 0 aliphatic rings. The summed E-state index contributed by atoms with van der Waals surface area (Å²) < 4.78 is 27.7. The number of nitrogen functional groups attached to an aromatic ring is 1. The van der Waals surface area contributed by atoms with Gasteiger partial charge in [-0.1, -0.05) is 0 Å². The molecule has 0 radical (unpaired) electrons. The van der Waals surface area contributed by atoms with Crippen LogP contribution in [0.3, 0.4) is 0 Å². The summed E-state index contributed by atoms with van der Waals surface area (Å²) in [5, 5.41) is 3.87. The van der Waals surface area contributed by atoms with E-state index >= 15 is 0 Å².